The van der Waals surface area contributed by atoms with Crippen LogP contribution in [0.4, 0.5) is 0 Å². The van der Waals surface area contributed by atoms with Crippen LogP contribution in [0.25, 0.3) is 0 Å². The zero-order chi connectivity index (χ0) is 16.4. The van der Waals surface area contributed by atoms with Gasteiger partial charge in [-0.15, -0.1) is 11.6 Å². The summed E-state index contributed by atoms with van der Waals surface area (Å²) in [5.74, 6) is 0. The molecule has 4 heteroatoms. The molecule has 2 aromatic carbocycles. The van der Waals surface area contributed by atoms with E-state index in [1.54, 1.807) is 0 Å². The lowest BCUT2D eigenvalue weighted by Crippen LogP contribution is -2.25. The van der Waals surface area contributed by atoms with Crippen LogP contribution < -0.4 is 0 Å². The van der Waals surface area contributed by atoms with Gasteiger partial charge in [0, 0.05) is 11.1 Å². The molecule has 0 N–H and O–H groups in total. The van der Waals surface area contributed by atoms with Crippen molar-refractivity contribution in [3.63, 3.8) is 0 Å². The number of alkyl halides is 1. The normalized spacial score (nSPS) is 20.7. The molecule has 120 valence electrons. The van der Waals surface area contributed by atoms with Crippen LogP contribution in [0, 0.1) is 0 Å². The number of nitrogens with zero attached hydrogens (tertiary/aromatic N) is 2. The first-order chi connectivity index (χ1) is 11.8. The van der Waals surface area contributed by atoms with E-state index < -0.39 is 0 Å². The zero-order valence-corrected chi connectivity index (χ0v) is 13.9. The van der Waals surface area contributed by atoms with Crippen LogP contribution in [0.15, 0.2) is 76.4 Å². The predicted molar refractivity (Wildman–Crippen MR) is 98.0 cm³/mol. The second-order valence-corrected chi connectivity index (χ2v) is 6.56. The van der Waals surface area contributed by atoms with Gasteiger partial charge < -0.3 is 4.84 Å². The minimum Gasteiger partial charge on any atom is -0.390 e. The smallest absolute Gasteiger partial charge is 0.142 e. The van der Waals surface area contributed by atoms with Gasteiger partial charge in [-0.1, -0.05) is 59.8 Å². The Morgan fingerprint density at radius 2 is 1.79 bits per heavy atom. The Morgan fingerprint density at radius 1 is 1.04 bits per heavy atom. The second-order valence-electron chi connectivity index (χ2n) is 5.94. The number of rotatable bonds is 3. The number of oxime groups is 1. The van der Waals surface area contributed by atoms with Crippen LogP contribution in [0.1, 0.15) is 23.1 Å². The molecule has 0 aromatic heterocycles. The molecule has 0 saturated heterocycles. The molecule has 2 aliphatic rings. The van der Waals surface area contributed by atoms with Gasteiger partial charge in [0.05, 0.1) is 17.6 Å². The number of benzene rings is 2. The van der Waals surface area contributed by atoms with E-state index >= 15 is 0 Å². The number of fused-ring (bicyclic) bond motifs is 3. The number of allylic oxidation sites excluding steroid dienone is 2. The lowest BCUT2D eigenvalue weighted by Gasteiger charge is -2.25. The zero-order valence-electron chi connectivity index (χ0n) is 13.2. The molecule has 0 fully saturated rings. The summed E-state index contributed by atoms with van der Waals surface area (Å²) >= 11 is 6.28. The molecule has 4 rings (SSSR count). The molecule has 1 heterocycles. The largest absolute Gasteiger partial charge is 0.390 e. The summed E-state index contributed by atoms with van der Waals surface area (Å²) in [4.78, 5) is 10.2. The maximum atomic E-state index is 6.28. The summed E-state index contributed by atoms with van der Waals surface area (Å²) in [6.07, 6.45) is 2.87. The van der Waals surface area contributed by atoms with Crippen molar-refractivity contribution < 1.29 is 4.84 Å². The van der Waals surface area contributed by atoms with Gasteiger partial charge in [-0.2, -0.15) is 0 Å². The first kappa shape index (κ1) is 15.2. The van der Waals surface area contributed by atoms with Gasteiger partial charge in [0.2, 0.25) is 0 Å². The van der Waals surface area contributed by atoms with Crippen molar-refractivity contribution in [2.75, 3.05) is 6.54 Å². The third kappa shape index (κ3) is 3.00. The summed E-state index contributed by atoms with van der Waals surface area (Å²) in [7, 11) is 0. The number of halogens is 1. The van der Waals surface area contributed by atoms with E-state index in [9.17, 15) is 0 Å². The first-order valence-electron chi connectivity index (χ1n) is 8.04. The molecule has 3 nitrogen and oxygen atoms in total. The highest BCUT2D eigenvalue weighted by atomic mass is 35.5. The fraction of sp³-hybridized carbons (Fsp3) is 0.200. The molecule has 1 aliphatic carbocycles. The van der Waals surface area contributed by atoms with Crippen LogP contribution in [-0.2, 0) is 11.4 Å². The highest BCUT2D eigenvalue weighted by molar-refractivity contribution is 6.29. The van der Waals surface area contributed by atoms with Crippen LogP contribution in [0.3, 0.4) is 0 Å². The first-order valence-corrected chi connectivity index (χ1v) is 8.48. The molecule has 0 saturated carbocycles. The fourth-order valence-corrected chi connectivity index (χ4v) is 3.29. The molecular weight excluding hydrogens is 320 g/mol. The van der Waals surface area contributed by atoms with E-state index in [4.69, 9.17) is 16.4 Å². The van der Waals surface area contributed by atoms with Crippen molar-refractivity contribution in [1.29, 1.82) is 0 Å². The molecule has 1 atom stereocenters. The summed E-state index contributed by atoms with van der Waals surface area (Å²) in [6.45, 7) is 1.12. The third-order valence-corrected chi connectivity index (χ3v) is 4.49. The molecular formula is C20H17ClN2O. The van der Waals surface area contributed by atoms with E-state index in [1.807, 2.05) is 42.5 Å². The van der Waals surface area contributed by atoms with E-state index in [2.05, 4.69) is 28.4 Å². The molecule has 0 spiro atoms. The van der Waals surface area contributed by atoms with Gasteiger partial charge in [-0.25, -0.2) is 0 Å². The van der Waals surface area contributed by atoms with Gasteiger partial charge in [0.1, 0.15) is 12.3 Å². The Bertz CT molecular complexity index is 840. The Labute approximate surface area is 146 Å². The molecule has 24 heavy (non-hydrogen) atoms. The summed E-state index contributed by atoms with van der Waals surface area (Å²) in [5.41, 5.74) is 6.29. The highest BCUT2D eigenvalue weighted by Gasteiger charge is 2.27. The lowest BCUT2D eigenvalue weighted by molar-refractivity contribution is 0.131. The summed E-state index contributed by atoms with van der Waals surface area (Å²) < 4.78 is 0. The number of hydrogen-bond donors (Lipinski definition) is 0. The van der Waals surface area contributed by atoms with Crippen LogP contribution in [-0.4, -0.2) is 23.3 Å². The Kier molecular flexibility index (Phi) is 4.18. The molecule has 2 aromatic rings. The molecule has 0 bridgehead atoms. The SMILES string of the molecule is ClC1CN=C2C(=CC(=NOCc3ccccc3)c3ccccc32)C1. The summed E-state index contributed by atoms with van der Waals surface area (Å²) in [5, 5.41) is 4.43. The third-order valence-electron chi connectivity index (χ3n) is 4.20. The monoisotopic (exact) mass is 336 g/mol. The van der Waals surface area contributed by atoms with E-state index in [1.165, 1.54) is 0 Å². The molecule has 0 amide bonds. The van der Waals surface area contributed by atoms with Gasteiger partial charge in [-0.05, 0) is 23.6 Å². The fourth-order valence-electron chi connectivity index (χ4n) is 3.06. The maximum absolute atomic E-state index is 6.28. The quantitative estimate of drug-likeness (QED) is 0.606. The minimum atomic E-state index is 0.0525. The molecule has 1 unspecified atom stereocenters. The van der Waals surface area contributed by atoms with Crippen molar-refractivity contribution in [3.05, 3.63) is 82.9 Å². The van der Waals surface area contributed by atoms with Crippen molar-refractivity contribution in [2.45, 2.75) is 18.4 Å². The summed E-state index contributed by atoms with van der Waals surface area (Å²) in [6, 6.07) is 18.2. The Morgan fingerprint density at radius 3 is 2.62 bits per heavy atom. The van der Waals surface area contributed by atoms with Crippen LogP contribution >= 0.6 is 11.6 Å². The Balaban J connectivity index is 1.65. The van der Waals surface area contributed by atoms with Gasteiger partial charge in [0.25, 0.3) is 0 Å². The Hall–Kier alpha value is -2.39. The van der Waals surface area contributed by atoms with Crippen molar-refractivity contribution in [3.8, 4) is 0 Å². The minimum absolute atomic E-state index is 0.0525. The van der Waals surface area contributed by atoms with E-state index in [0.717, 1.165) is 40.1 Å². The predicted octanol–water partition coefficient (Wildman–Crippen LogP) is 4.35. The van der Waals surface area contributed by atoms with E-state index in [-0.39, 0.29) is 5.38 Å². The average Bonchev–Trinajstić information content (AvgIpc) is 2.62. The standard InChI is InChI=1S/C20H17ClN2O/c21-16-10-15-11-19(23-24-13-14-6-2-1-3-7-14)17-8-4-5-9-18(17)20(15)22-12-16/h1-9,11,16H,10,12-13H2. The lowest BCUT2D eigenvalue weighted by atomic mass is 9.85. The average molecular weight is 337 g/mol. The highest BCUT2D eigenvalue weighted by Crippen LogP contribution is 2.29. The molecule has 1 aliphatic heterocycles. The van der Waals surface area contributed by atoms with Crippen molar-refractivity contribution >= 4 is 23.0 Å². The topological polar surface area (TPSA) is 34.0 Å². The van der Waals surface area contributed by atoms with E-state index in [0.29, 0.717) is 13.2 Å². The number of hydrogen-bond acceptors (Lipinski definition) is 3. The van der Waals surface area contributed by atoms with Crippen molar-refractivity contribution in [1.82, 2.24) is 0 Å². The van der Waals surface area contributed by atoms with Gasteiger partial charge >= 0.3 is 0 Å². The molecule has 0 radical (unpaired) electrons. The maximum Gasteiger partial charge on any atom is 0.142 e. The van der Waals surface area contributed by atoms with Gasteiger partial charge in [0.15, 0.2) is 0 Å². The number of aliphatic imine (C=N–C) groups is 1. The second kappa shape index (κ2) is 6.62. The van der Waals surface area contributed by atoms with Crippen molar-refractivity contribution in [2.24, 2.45) is 10.1 Å². The van der Waals surface area contributed by atoms with Crippen LogP contribution in [0.2, 0.25) is 0 Å². The van der Waals surface area contributed by atoms with Gasteiger partial charge in [-0.3, -0.25) is 4.99 Å². The van der Waals surface area contributed by atoms with Crippen LogP contribution in [0.5, 0.6) is 0 Å².